The maximum Gasteiger partial charge on any atom is 0.293 e. The van der Waals surface area contributed by atoms with Gasteiger partial charge in [0, 0.05) is 50.3 Å². The van der Waals surface area contributed by atoms with E-state index in [0.29, 0.717) is 63.9 Å². The van der Waals surface area contributed by atoms with Gasteiger partial charge in [-0.3, -0.25) is 14.4 Å². The van der Waals surface area contributed by atoms with Gasteiger partial charge in [0.05, 0.1) is 18.7 Å². The second-order valence-electron chi connectivity index (χ2n) is 13.8. The van der Waals surface area contributed by atoms with Crippen LogP contribution in [0.3, 0.4) is 0 Å². The Morgan fingerprint density at radius 1 is 0.941 bits per heavy atom. The predicted octanol–water partition coefficient (Wildman–Crippen LogP) is 4.54. The fraction of sp³-hybridized carbons (Fsp3) is 0.410. The fourth-order valence-electron chi connectivity index (χ4n) is 7.49. The van der Waals surface area contributed by atoms with Crippen molar-refractivity contribution in [2.24, 2.45) is 0 Å². The van der Waals surface area contributed by atoms with Crippen LogP contribution in [0.4, 0.5) is 13.2 Å². The first-order chi connectivity index (χ1) is 24.8. The third kappa shape index (κ3) is 7.82. The first-order valence-corrected chi connectivity index (χ1v) is 17.6. The number of nitrogens with zero attached hydrogens (tertiary/aromatic N) is 2. The van der Waals surface area contributed by atoms with Crippen molar-refractivity contribution in [2.75, 3.05) is 26.2 Å². The lowest BCUT2D eigenvalue weighted by atomic mass is 9.82. The molecule has 3 fully saturated rings. The van der Waals surface area contributed by atoms with Crippen molar-refractivity contribution in [1.82, 2.24) is 20.4 Å². The molecule has 3 aliphatic heterocycles. The second kappa shape index (κ2) is 15.3. The number of nitrogens with one attached hydrogen (secondary N) is 2. The molecule has 3 heterocycles. The number of piperazine rings is 1. The van der Waals surface area contributed by atoms with Crippen LogP contribution in [0.5, 0.6) is 5.75 Å². The van der Waals surface area contributed by atoms with Crippen molar-refractivity contribution in [2.45, 2.75) is 75.3 Å². The normalized spacial score (nSPS) is 22.8. The topological polar surface area (TPSA) is 100 Å². The maximum absolute atomic E-state index is 14.7. The number of ether oxygens (including phenoxy) is 2. The molecule has 7 rings (SSSR count). The van der Waals surface area contributed by atoms with Crippen LogP contribution < -0.4 is 15.4 Å². The van der Waals surface area contributed by atoms with Crippen molar-refractivity contribution in [3.05, 3.63) is 106 Å². The van der Waals surface area contributed by atoms with Crippen LogP contribution in [-0.2, 0) is 32.1 Å². The highest BCUT2D eigenvalue weighted by Gasteiger charge is 2.44. The van der Waals surface area contributed by atoms with Gasteiger partial charge in [0.25, 0.3) is 12.4 Å². The molecule has 3 aromatic carbocycles. The van der Waals surface area contributed by atoms with Crippen molar-refractivity contribution in [3.63, 3.8) is 0 Å². The van der Waals surface area contributed by atoms with Crippen LogP contribution in [0.2, 0.25) is 0 Å². The molecule has 9 nitrogen and oxygen atoms in total. The van der Waals surface area contributed by atoms with E-state index >= 15 is 0 Å². The first-order valence-electron chi connectivity index (χ1n) is 17.6. The van der Waals surface area contributed by atoms with E-state index in [2.05, 4.69) is 10.6 Å². The van der Waals surface area contributed by atoms with Gasteiger partial charge in [-0.25, -0.2) is 8.78 Å². The molecule has 0 spiro atoms. The Morgan fingerprint density at radius 2 is 1.71 bits per heavy atom. The molecule has 4 aliphatic rings. The van der Waals surface area contributed by atoms with Gasteiger partial charge in [-0.05, 0) is 66.5 Å². The molecule has 2 amide bonds. The summed E-state index contributed by atoms with van der Waals surface area (Å²) in [5.74, 6) is -4.26. The minimum Gasteiger partial charge on any atom is -0.488 e. The first kappa shape index (κ1) is 34.8. The average Bonchev–Trinajstić information content (AvgIpc) is 3.88. The summed E-state index contributed by atoms with van der Waals surface area (Å²) in [5.41, 5.74) is 4.60. The molecule has 1 unspecified atom stereocenters. The third-order valence-corrected chi connectivity index (χ3v) is 10.2. The monoisotopic (exact) mass is 702 g/mol. The van der Waals surface area contributed by atoms with E-state index in [1.807, 2.05) is 64.4 Å². The minimum absolute atomic E-state index is 0.00660. The summed E-state index contributed by atoms with van der Waals surface area (Å²) < 4.78 is 51.8. The van der Waals surface area contributed by atoms with Crippen molar-refractivity contribution in [1.29, 1.82) is 0 Å². The zero-order chi connectivity index (χ0) is 35.5. The number of rotatable bonds is 13. The standard InChI is InChI=1S/C39H41F3N4O5/c40-31-14-15-32(41)37(36(31)42)50-16-4-7-24-8-10-26(11-9-24)30-17-27-21-45(38(48)33-18-29(19-43-33)51-23-47)22-34(44-27)35(30)39(49)46(28-12-13-28)20-25-5-2-1-3-6-25/h1-3,5-6,8-11,14-15,23,27-29,33-34,43-44H,4,7,12-13,16-22H2/t27-,29+,33?,34-/m0/s1. The lowest BCUT2D eigenvalue weighted by molar-refractivity contribution is -0.137. The highest BCUT2D eigenvalue weighted by molar-refractivity contribution is 6.03. The summed E-state index contributed by atoms with van der Waals surface area (Å²) >= 11 is 0. The number of halogens is 3. The molecular formula is C39H41F3N4O5. The van der Waals surface area contributed by atoms with Crippen LogP contribution in [-0.4, -0.2) is 84.6 Å². The van der Waals surface area contributed by atoms with Crippen LogP contribution in [0.1, 0.15) is 48.8 Å². The van der Waals surface area contributed by atoms with Crippen LogP contribution in [0, 0.1) is 17.5 Å². The van der Waals surface area contributed by atoms with E-state index in [-0.39, 0.29) is 42.7 Å². The molecule has 1 aliphatic carbocycles. The Hall–Kier alpha value is -4.68. The molecule has 268 valence electrons. The number of carbonyl (C=O) groups excluding carboxylic acids is 3. The summed E-state index contributed by atoms with van der Waals surface area (Å²) in [6.07, 6.45) is 3.52. The molecule has 0 radical (unpaired) electrons. The zero-order valence-corrected chi connectivity index (χ0v) is 28.2. The van der Waals surface area contributed by atoms with Crippen LogP contribution >= 0.6 is 0 Å². The molecule has 2 N–H and O–H groups in total. The van der Waals surface area contributed by atoms with Crippen molar-refractivity contribution < 1.29 is 37.0 Å². The number of fused-ring (bicyclic) bond motifs is 2. The molecule has 12 heteroatoms. The van der Waals surface area contributed by atoms with Crippen molar-refractivity contribution >= 4 is 23.9 Å². The molecule has 2 saturated heterocycles. The number of hydrogen-bond donors (Lipinski definition) is 2. The van der Waals surface area contributed by atoms with Gasteiger partial charge in [0.15, 0.2) is 17.4 Å². The lowest BCUT2D eigenvalue weighted by Crippen LogP contribution is -2.63. The third-order valence-electron chi connectivity index (χ3n) is 10.2. The predicted molar refractivity (Wildman–Crippen MR) is 183 cm³/mol. The molecule has 0 aromatic heterocycles. The largest absolute Gasteiger partial charge is 0.488 e. The van der Waals surface area contributed by atoms with Gasteiger partial charge in [-0.2, -0.15) is 4.39 Å². The molecule has 3 aromatic rings. The summed E-state index contributed by atoms with van der Waals surface area (Å²) in [4.78, 5) is 43.1. The zero-order valence-electron chi connectivity index (χ0n) is 28.2. The van der Waals surface area contributed by atoms with Crippen LogP contribution in [0.15, 0.2) is 72.3 Å². The minimum atomic E-state index is -1.34. The number of aryl methyl sites for hydroxylation is 1. The second-order valence-corrected chi connectivity index (χ2v) is 13.8. The quantitative estimate of drug-likeness (QED) is 0.153. The Labute approximate surface area is 294 Å². The highest BCUT2D eigenvalue weighted by atomic mass is 19.2. The lowest BCUT2D eigenvalue weighted by Gasteiger charge is -2.45. The SMILES string of the molecule is O=CO[C@H]1CNC(C(=O)N2C[C@@H]3CC(c4ccc(CCCOc5c(F)ccc(F)c5F)cc4)=C(C(=O)N(Cc4ccccc4)C4CC4)[C@H](C2)N3)C1. The Kier molecular flexibility index (Phi) is 10.4. The Balaban J connectivity index is 1.11. The summed E-state index contributed by atoms with van der Waals surface area (Å²) in [6.45, 7) is 2.16. The van der Waals surface area contributed by atoms with Gasteiger partial charge in [-0.1, -0.05) is 54.6 Å². The smallest absolute Gasteiger partial charge is 0.293 e. The van der Waals surface area contributed by atoms with Gasteiger partial charge in [-0.15, -0.1) is 0 Å². The van der Waals surface area contributed by atoms with Gasteiger partial charge >= 0.3 is 0 Å². The van der Waals surface area contributed by atoms with Gasteiger partial charge < -0.3 is 29.9 Å². The summed E-state index contributed by atoms with van der Waals surface area (Å²) in [6, 6.07) is 18.7. The fourth-order valence-corrected chi connectivity index (χ4v) is 7.49. The van der Waals surface area contributed by atoms with E-state index in [4.69, 9.17) is 9.47 Å². The summed E-state index contributed by atoms with van der Waals surface area (Å²) in [5, 5.41) is 6.85. The van der Waals surface area contributed by atoms with E-state index < -0.39 is 29.2 Å². The van der Waals surface area contributed by atoms with Gasteiger partial charge in [0.1, 0.15) is 6.10 Å². The number of hydrogen-bond acceptors (Lipinski definition) is 7. The number of carbonyl (C=O) groups is 3. The van der Waals surface area contributed by atoms with E-state index in [9.17, 15) is 27.6 Å². The summed E-state index contributed by atoms with van der Waals surface area (Å²) in [7, 11) is 0. The van der Waals surface area contributed by atoms with Crippen molar-refractivity contribution in [3.8, 4) is 5.75 Å². The van der Waals surface area contributed by atoms with Gasteiger partial charge in [0.2, 0.25) is 11.7 Å². The Morgan fingerprint density at radius 3 is 2.45 bits per heavy atom. The highest BCUT2D eigenvalue weighted by Crippen LogP contribution is 2.38. The van der Waals surface area contributed by atoms with E-state index in [1.54, 1.807) is 0 Å². The van der Waals surface area contributed by atoms with E-state index in [1.165, 1.54) is 0 Å². The molecule has 2 bridgehead atoms. The Bertz CT molecular complexity index is 1790. The molecule has 4 atom stereocenters. The number of amides is 2. The maximum atomic E-state index is 14.7. The van der Waals surface area contributed by atoms with E-state index in [0.717, 1.165) is 47.2 Å². The molecule has 51 heavy (non-hydrogen) atoms. The molecular weight excluding hydrogens is 661 g/mol. The number of benzene rings is 3. The average molecular weight is 703 g/mol. The molecule has 1 saturated carbocycles. The van der Waals surface area contributed by atoms with Crippen LogP contribution in [0.25, 0.3) is 5.57 Å².